The van der Waals surface area contributed by atoms with Gasteiger partial charge in [0.15, 0.2) is 0 Å². The van der Waals surface area contributed by atoms with E-state index in [1.165, 1.54) is 0 Å². The molecule has 0 aromatic heterocycles. The highest BCUT2D eigenvalue weighted by Gasteiger charge is 2.33. The van der Waals surface area contributed by atoms with E-state index in [1.54, 1.807) is 18.7 Å². The maximum atomic E-state index is 12.6. The van der Waals surface area contributed by atoms with Gasteiger partial charge >= 0.3 is 18.0 Å². The van der Waals surface area contributed by atoms with Gasteiger partial charge in [-0.15, -0.1) is 12.4 Å². The van der Waals surface area contributed by atoms with E-state index >= 15 is 0 Å². The van der Waals surface area contributed by atoms with Gasteiger partial charge in [-0.05, 0) is 57.6 Å². The minimum atomic E-state index is -0.872. The second-order valence-electron chi connectivity index (χ2n) is 8.23. The van der Waals surface area contributed by atoms with Gasteiger partial charge < -0.3 is 24.8 Å². The molecule has 1 amide bonds. The number of aliphatic carboxylic acids is 1. The molecule has 0 unspecified atom stereocenters. The van der Waals surface area contributed by atoms with Crippen LogP contribution in [0.25, 0.3) is 0 Å². The molecule has 1 aliphatic rings. The minimum absolute atomic E-state index is 0. The molecule has 0 bridgehead atoms. The topological polar surface area (TPSA) is 105 Å². The van der Waals surface area contributed by atoms with Crippen LogP contribution in [0, 0.1) is 11.8 Å². The number of halogens is 1. The minimum Gasteiger partial charge on any atom is -0.480 e. The highest BCUT2D eigenvalue weighted by atomic mass is 35.5. The zero-order valence-corrected chi connectivity index (χ0v) is 20.4. The Morgan fingerprint density at radius 2 is 1.79 bits per heavy atom. The van der Waals surface area contributed by atoms with Gasteiger partial charge in [0, 0.05) is 13.1 Å². The van der Waals surface area contributed by atoms with Crippen molar-refractivity contribution in [3.05, 3.63) is 35.9 Å². The highest BCUT2D eigenvalue weighted by Crippen LogP contribution is 2.30. The summed E-state index contributed by atoms with van der Waals surface area (Å²) in [6.07, 6.45) is 3.44. The van der Waals surface area contributed by atoms with E-state index in [-0.39, 0.29) is 42.9 Å². The average Bonchev–Trinajstić information content (AvgIpc) is 2.80. The van der Waals surface area contributed by atoms with Gasteiger partial charge in [-0.1, -0.05) is 36.8 Å². The molecule has 0 saturated carbocycles. The molecule has 1 saturated heterocycles. The Morgan fingerprint density at radius 3 is 2.39 bits per heavy atom. The van der Waals surface area contributed by atoms with Gasteiger partial charge in [0.2, 0.25) is 0 Å². The van der Waals surface area contributed by atoms with Crippen molar-refractivity contribution < 1.29 is 29.0 Å². The van der Waals surface area contributed by atoms with Gasteiger partial charge in [-0.2, -0.15) is 0 Å². The summed E-state index contributed by atoms with van der Waals surface area (Å²) in [6.45, 7) is 5.73. The number of carbonyl (C=O) groups excluding carboxylic acids is 2. The molecule has 0 spiro atoms. The van der Waals surface area contributed by atoms with E-state index in [2.05, 4.69) is 5.32 Å². The lowest BCUT2D eigenvalue weighted by atomic mass is 9.81. The molecule has 2 N–H and O–H groups in total. The summed E-state index contributed by atoms with van der Waals surface area (Å²) in [5.74, 6) is -1.08. The van der Waals surface area contributed by atoms with Crippen LogP contribution in [0.5, 0.6) is 0 Å². The van der Waals surface area contributed by atoms with Gasteiger partial charge in [-0.25, -0.2) is 4.79 Å². The summed E-state index contributed by atoms with van der Waals surface area (Å²) in [5.41, 5.74) is 0.949. The Balaban J connectivity index is 0.00000544. The standard InChI is InChI=1S/C24H36N2O6.ClH/c1-3-31-23(29)21(11-7-8-14-25-18(2)22(27)28)20-12-15-26(16-13-20)24(30)32-17-19-9-5-4-6-10-19;/h4-6,9-10,18,20-21,25H,3,7-8,11-17H2,1-2H3,(H,27,28);1H/t18-,21+;/m0./s1. The summed E-state index contributed by atoms with van der Waals surface area (Å²) >= 11 is 0. The number of carboxylic acid groups (broad SMARTS) is 1. The number of hydrogen-bond donors (Lipinski definition) is 2. The van der Waals surface area contributed by atoms with Crippen LogP contribution in [-0.4, -0.2) is 60.3 Å². The summed E-state index contributed by atoms with van der Waals surface area (Å²) in [4.78, 5) is 37.5. The number of carboxylic acids is 1. The number of benzene rings is 1. The number of amides is 1. The molecule has 1 heterocycles. The maximum absolute atomic E-state index is 12.6. The Labute approximate surface area is 202 Å². The predicted octanol–water partition coefficient (Wildman–Crippen LogP) is 3.87. The molecule has 0 aliphatic carbocycles. The molecular weight excluding hydrogens is 448 g/mol. The molecule has 1 aromatic rings. The molecule has 0 radical (unpaired) electrons. The predicted molar refractivity (Wildman–Crippen MR) is 127 cm³/mol. The lowest BCUT2D eigenvalue weighted by molar-refractivity contribution is -0.151. The monoisotopic (exact) mass is 484 g/mol. The first-order valence-corrected chi connectivity index (χ1v) is 11.5. The van der Waals surface area contributed by atoms with E-state index in [1.807, 2.05) is 30.3 Å². The highest BCUT2D eigenvalue weighted by molar-refractivity contribution is 5.85. The van der Waals surface area contributed by atoms with Crippen LogP contribution in [0.15, 0.2) is 30.3 Å². The number of likely N-dealkylation sites (tertiary alicyclic amines) is 1. The largest absolute Gasteiger partial charge is 0.480 e. The fraction of sp³-hybridized carbons (Fsp3) is 0.625. The van der Waals surface area contributed by atoms with E-state index in [0.29, 0.717) is 32.7 Å². The van der Waals surface area contributed by atoms with Crippen LogP contribution in [-0.2, 0) is 25.7 Å². The van der Waals surface area contributed by atoms with Crippen LogP contribution >= 0.6 is 12.4 Å². The third-order valence-electron chi connectivity index (χ3n) is 5.92. The van der Waals surface area contributed by atoms with Crippen LogP contribution < -0.4 is 5.32 Å². The fourth-order valence-corrected chi connectivity index (χ4v) is 3.99. The van der Waals surface area contributed by atoms with Crippen molar-refractivity contribution in [3.63, 3.8) is 0 Å². The molecule has 1 fully saturated rings. The zero-order chi connectivity index (χ0) is 23.3. The van der Waals surface area contributed by atoms with Crippen LogP contribution in [0.2, 0.25) is 0 Å². The summed E-state index contributed by atoms with van der Waals surface area (Å²) in [7, 11) is 0. The SMILES string of the molecule is CCOC(=O)[C@H](CCCCN[C@@H](C)C(=O)O)C1CCN(C(=O)OCc2ccccc2)CC1.Cl. The molecule has 9 heteroatoms. The number of ether oxygens (including phenoxy) is 2. The average molecular weight is 485 g/mol. The number of unbranched alkanes of at least 4 members (excludes halogenated alkanes) is 1. The first-order chi connectivity index (χ1) is 15.4. The summed E-state index contributed by atoms with van der Waals surface area (Å²) in [5, 5.41) is 11.9. The van der Waals surface area contributed by atoms with E-state index < -0.39 is 12.0 Å². The van der Waals surface area contributed by atoms with Crippen LogP contribution in [0.3, 0.4) is 0 Å². The smallest absolute Gasteiger partial charge is 0.410 e. The maximum Gasteiger partial charge on any atom is 0.410 e. The molecule has 2 rings (SSSR count). The normalized spacial score (nSPS) is 15.8. The number of carbonyl (C=O) groups is 3. The molecule has 186 valence electrons. The molecule has 1 aliphatic heterocycles. The Kier molecular flexibility index (Phi) is 13.5. The Morgan fingerprint density at radius 1 is 1.12 bits per heavy atom. The molecule has 1 aromatic carbocycles. The Bertz CT molecular complexity index is 725. The zero-order valence-electron chi connectivity index (χ0n) is 19.5. The molecule has 33 heavy (non-hydrogen) atoms. The summed E-state index contributed by atoms with van der Waals surface area (Å²) < 4.78 is 10.7. The molecule has 8 nitrogen and oxygen atoms in total. The third-order valence-corrected chi connectivity index (χ3v) is 5.92. The van der Waals surface area contributed by atoms with E-state index in [0.717, 1.165) is 31.2 Å². The van der Waals surface area contributed by atoms with Gasteiger partial charge in [0.25, 0.3) is 0 Å². The molecule has 2 atom stereocenters. The Hall–Kier alpha value is -2.32. The third kappa shape index (κ3) is 10.0. The van der Waals surface area contributed by atoms with Gasteiger partial charge in [0.05, 0.1) is 12.5 Å². The quantitative estimate of drug-likeness (QED) is 0.342. The van der Waals surface area contributed by atoms with Crippen molar-refractivity contribution >= 4 is 30.4 Å². The van der Waals surface area contributed by atoms with Gasteiger partial charge in [-0.3, -0.25) is 9.59 Å². The first kappa shape index (κ1) is 28.7. The van der Waals surface area contributed by atoms with Crippen LogP contribution in [0.4, 0.5) is 4.79 Å². The number of nitrogens with zero attached hydrogens (tertiary/aromatic N) is 1. The first-order valence-electron chi connectivity index (χ1n) is 11.5. The van der Waals surface area contributed by atoms with Crippen molar-refractivity contribution in [3.8, 4) is 0 Å². The second-order valence-corrected chi connectivity index (χ2v) is 8.23. The number of piperidine rings is 1. The lowest BCUT2D eigenvalue weighted by Crippen LogP contribution is -2.42. The number of rotatable bonds is 12. The molecular formula is C24H37ClN2O6. The van der Waals surface area contributed by atoms with Crippen LogP contribution in [0.1, 0.15) is 51.5 Å². The van der Waals surface area contributed by atoms with Crippen molar-refractivity contribution in [2.24, 2.45) is 11.8 Å². The number of hydrogen-bond acceptors (Lipinski definition) is 6. The van der Waals surface area contributed by atoms with Gasteiger partial charge in [0.1, 0.15) is 12.6 Å². The van der Waals surface area contributed by atoms with E-state index in [9.17, 15) is 14.4 Å². The number of esters is 1. The van der Waals surface area contributed by atoms with Crippen molar-refractivity contribution in [2.75, 3.05) is 26.2 Å². The van der Waals surface area contributed by atoms with Crippen molar-refractivity contribution in [1.82, 2.24) is 10.2 Å². The van der Waals surface area contributed by atoms with E-state index in [4.69, 9.17) is 14.6 Å². The lowest BCUT2D eigenvalue weighted by Gasteiger charge is -2.34. The number of nitrogens with one attached hydrogen (secondary N) is 1. The second kappa shape index (κ2) is 15.5. The van der Waals surface area contributed by atoms with Crippen molar-refractivity contribution in [2.45, 2.75) is 58.6 Å². The summed E-state index contributed by atoms with van der Waals surface area (Å²) in [6, 6.07) is 8.99. The van der Waals surface area contributed by atoms with Crippen molar-refractivity contribution in [1.29, 1.82) is 0 Å². The fourth-order valence-electron chi connectivity index (χ4n) is 3.99.